The summed E-state index contributed by atoms with van der Waals surface area (Å²) >= 11 is 0. The van der Waals surface area contributed by atoms with Crippen LogP contribution in [0.15, 0.2) is 72.3 Å². The zero-order chi connectivity index (χ0) is 26.8. The van der Waals surface area contributed by atoms with Crippen molar-refractivity contribution in [2.24, 2.45) is 0 Å². The SMILES string of the molecule is CCOc1ccc(/C(O)=C2\C(=O)C(=O)N(c3nc4ccccc4[nH]3)C2c2ccc(OC)c(OCC)c2)cc1. The van der Waals surface area contributed by atoms with Crippen LogP contribution in [0.4, 0.5) is 5.95 Å². The number of ketones is 1. The van der Waals surface area contributed by atoms with Gasteiger partial charge in [0.2, 0.25) is 5.95 Å². The van der Waals surface area contributed by atoms with E-state index in [2.05, 4.69) is 9.97 Å². The number of rotatable bonds is 8. The molecule has 2 heterocycles. The van der Waals surface area contributed by atoms with Crippen LogP contribution >= 0.6 is 0 Å². The molecule has 4 aromatic rings. The molecule has 9 heteroatoms. The molecule has 2 N–H and O–H groups in total. The van der Waals surface area contributed by atoms with Gasteiger partial charge in [0.05, 0.1) is 43.0 Å². The topological polar surface area (TPSA) is 114 Å². The Kier molecular flexibility index (Phi) is 6.74. The number of imidazole rings is 1. The van der Waals surface area contributed by atoms with E-state index in [-0.39, 0.29) is 17.3 Å². The van der Waals surface area contributed by atoms with Crippen molar-refractivity contribution in [2.45, 2.75) is 19.9 Å². The standard InChI is InChI=1S/C29H27N3O6/c1-4-37-19-13-10-17(11-14-19)26(33)24-25(18-12-15-22(36-3)23(16-18)38-5-2)32(28(35)27(24)34)29-30-20-8-6-7-9-21(20)31-29/h6-16,25,33H,4-5H2,1-3H3,(H,30,31)/b26-24+. The van der Waals surface area contributed by atoms with E-state index < -0.39 is 17.7 Å². The number of aliphatic hydroxyl groups is 1. The monoisotopic (exact) mass is 513 g/mol. The molecule has 38 heavy (non-hydrogen) atoms. The summed E-state index contributed by atoms with van der Waals surface area (Å²) in [5, 5.41) is 11.4. The van der Waals surface area contributed by atoms with Gasteiger partial charge in [-0.3, -0.25) is 14.5 Å². The van der Waals surface area contributed by atoms with Gasteiger partial charge in [0.15, 0.2) is 11.5 Å². The number of anilines is 1. The second-order valence-electron chi connectivity index (χ2n) is 8.55. The summed E-state index contributed by atoms with van der Waals surface area (Å²) in [6, 6.07) is 18.2. The number of hydrogen-bond acceptors (Lipinski definition) is 7. The molecule has 1 atom stereocenters. The number of para-hydroxylation sites is 2. The van der Waals surface area contributed by atoms with Crippen LogP contribution in [0, 0.1) is 0 Å². The third-order valence-electron chi connectivity index (χ3n) is 6.29. The van der Waals surface area contributed by atoms with Crippen LogP contribution in [0.25, 0.3) is 16.8 Å². The fourth-order valence-electron chi connectivity index (χ4n) is 4.58. The number of amides is 1. The lowest BCUT2D eigenvalue weighted by Crippen LogP contribution is -2.30. The number of fused-ring (bicyclic) bond motifs is 1. The molecule has 1 aliphatic heterocycles. The zero-order valence-electron chi connectivity index (χ0n) is 21.2. The van der Waals surface area contributed by atoms with E-state index in [1.54, 1.807) is 48.5 Å². The lowest BCUT2D eigenvalue weighted by Gasteiger charge is -2.24. The summed E-state index contributed by atoms with van der Waals surface area (Å²) in [6.45, 7) is 4.60. The van der Waals surface area contributed by atoms with Crippen molar-refractivity contribution in [3.63, 3.8) is 0 Å². The molecule has 0 spiro atoms. The molecule has 1 unspecified atom stereocenters. The second kappa shape index (κ2) is 10.3. The number of nitrogens with one attached hydrogen (secondary N) is 1. The molecule has 0 bridgehead atoms. The Morgan fingerprint density at radius 3 is 2.39 bits per heavy atom. The lowest BCUT2D eigenvalue weighted by atomic mass is 9.95. The molecular weight excluding hydrogens is 486 g/mol. The number of aliphatic hydroxyl groups excluding tert-OH is 1. The minimum Gasteiger partial charge on any atom is -0.507 e. The Labute approximate surface area is 219 Å². The van der Waals surface area contributed by atoms with E-state index in [0.717, 1.165) is 0 Å². The molecule has 1 aliphatic rings. The van der Waals surface area contributed by atoms with E-state index in [1.165, 1.54) is 12.0 Å². The highest BCUT2D eigenvalue weighted by Gasteiger charge is 2.48. The molecule has 194 valence electrons. The van der Waals surface area contributed by atoms with Crippen LogP contribution in [0.3, 0.4) is 0 Å². The largest absolute Gasteiger partial charge is 0.507 e. The molecule has 9 nitrogen and oxygen atoms in total. The predicted molar refractivity (Wildman–Crippen MR) is 143 cm³/mol. The lowest BCUT2D eigenvalue weighted by molar-refractivity contribution is -0.132. The summed E-state index contributed by atoms with van der Waals surface area (Å²) in [7, 11) is 1.53. The molecule has 0 aliphatic carbocycles. The summed E-state index contributed by atoms with van der Waals surface area (Å²) in [5.74, 6) is -0.168. The van der Waals surface area contributed by atoms with Crippen molar-refractivity contribution in [3.8, 4) is 17.2 Å². The van der Waals surface area contributed by atoms with Crippen LogP contribution in [-0.4, -0.2) is 47.1 Å². The minimum absolute atomic E-state index is 0.0627. The third kappa shape index (κ3) is 4.32. The molecular formula is C29H27N3O6. The van der Waals surface area contributed by atoms with Gasteiger partial charge in [-0.2, -0.15) is 0 Å². The number of carbonyl (C=O) groups excluding carboxylic acids is 2. The van der Waals surface area contributed by atoms with Crippen molar-refractivity contribution >= 4 is 34.4 Å². The van der Waals surface area contributed by atoms with Gasteiger partial charge in [-0.1, -0.05) is 18.2 Å². The number of benzene rings is 3. The predicted octanol–water partition coefficient (Wildman–Crippen LogP) is 5.00. The number of ether oxygens (including phenoxy) is 3. The number of methoxy groups -OCH3 is 1. The highest BCUT2D eigenvalue weighted by Crippen LogP contribution is 2.43. The number of nitrogens with zero attached hydrogens (tertiary/aromatic N) is 2. The van der Waals surface area contributed by atoms with Crippen LogP contribution in [-0.2, 0) is 9.59 Å². The Morgan fingerprint density at radius 2 is 1.71 bits per heavy atom. The molecule has 3 aromatic carbocycles. The first-order chi connectivity index (χ1) is 18.5. The maximum atomic E-state index is 13.5. The normalized spacial score (nSPS) is 16.7. The van der Waals surface area contributed by atoms with E-state index in [9.17, 15) is 14.7 Å². The summed E-state index contributed by atoms with van der Waals surface area (Å²) in [4.78, 5) is 35.9. The first-order valence-corrected chi connectivity index (χ1v) is 12.3. The third-order valence-corrected chi connectivity index (χ3v) is 6.29. The first kappa shape index (κ1) is 24.9. The van der Waals surface area contributed by atoms with Crippen molar-refractivity contribution in [3.05, 3.63) is 83.4 Å². The molecule has 1 amide bonds. The van der Waals surface area contributed by atoms with E-state index in [0.29, 0.717) is 52.6 Å². The summed E-state index contributed by atoms with van der Waals surface area (Å²) < 4.78 is 16.7. The second-order valence-corrected chi connectivity index (χ2v) is 8.55. The van der Waals surface area contributed by atoms with Gasteiger partial charge in [-0.15, -0.1) is 0 Å². The number of carbonyl (C=O) groups is 2. The Morgan fingerprint density at radius 1 is 0.974 bits per heavy atom. The number of aromatic nitrogens is 2. The van der Waals surface area contributed by atoms with E-state index >= 15 is 0 Å². The van der Waals surface area contributed by atoms with Crippen LogP contribution in [0.1, 0.15) is 31.0 Å². The van der Waals surface area contributed by atoms with E-state index in [4.69, 9.17) is 14.2 Å². The molecule has 1 fully saturated rings. The van der Waals surface area contributed by atoms with E-state index in [1.807, 2.05) is 32.0 Å². The maximum Gasteiger partial charge on any atom is 0.302 e. The quantitative estimate of drug-likeness (QED) is 0.194. The molecule has 1 saturated heterocycles. The van der Waals surface area contributed by atoms with Crippen molar-refractivity contribution in [1.29, 1.82) is 0 Å². The highest BCUT2D eigenvalue weighted by atomic mass is 16.5. The van der Waals surface area contributed by atoms with Gasteiger partial charge in [-0.05, 0) is 67.9 Å². The number of hydrogen-bond donors (Lipinski definition) is 2. The molecule has 1 aromatic heterocycles. The smallest absolute Gasteiger partial charge is 0.302 e. The van der Waals surface area contributed by atoms with Gasteiger partial charge >= 0.3 is 5.91 Å². The average Bonchev–Trinajstić information content (AvgIpc) is 3.47. The van der Waals surface area contributed by atoms with Crippen molar-refractivity contribution < 1.29 is 28.9 Å². The Bertz CT molecular complexity index is 1510. The minimum atomic E-state index is -0.979. The fraction of sp³-hybridized carbons (Fsp3) is 0.207. The van der Waals surface area contributed by atoms with Gasteiger partial charge in [0, 0.05) is 5.56 Å². The molecule has 0 radical (unpaired) electrons. The van der Waals surface area contributed by atoms with Gasteiger partial charge < -0.3 is 24.3 Å². The Balaban J connectivity index is 1.70. The number of Topliss-reactive ketones (excluding diaryl/α,β-unsaturated/α-hetero) is 1. The first-order valence-electron chi connectivity index (χ1n) is 12.3. The van der Waals surface area contributed by atoms with Gasteiger partial charge in [-0.25, -0.2) is 4.98 Å². The van der Waals surface area contributed by atoms with Crippen LogP contribution in [0.2, 0.25) is 0 Å². The number of H-pyrrole nitrogens is 1. The van der Waals surface area contributed by atoms with Crippen LogP contribution < -0.4 is 19.1 Å². The zero-order valence-corrected chi connectivity index (χ0v) is 21.2. The highest BCUT2D eigenvalue weighted by molar-refractivity contribution is 6.51. The van der Waals surface area contributed by atoms with Crippen LogP contribution in [0.5, 0.6) is 17.2 Å². The number of aromatic amines is 1. The Hall–Kier alpha value is -4.79. The summed E-state index contributed by atoms with van der Waals surface area (Å²) in [5.41, 5.74) is 2.20. The van der Waals surface area contributed by atoms with Gasteiger partial charge in [0.25, 0.3) is 5.78 Å². The molecule has 0 saturated carbocycles. The maximum absolute atomic E-state index is 13.5. The molecule has 5 rings (SSSR count). The van der Waals surface area contributed by atoms with Crippen molar-refractivity contribution in [2.75, 3.05) is 25.2 Å². The van der Waals surface area contributed by atoms with Crippen molar-refractivity contribution in [1.82, 2.24) is 9.97 Å². The average molecular weight is 514 g/mol. The fourth-order valence-corrected chi connectivity index (χ4v) is 4.58. The van der Waals surface area contributed by atoms with Gasteiger partial charge in [0.1, 0.15) is 11.5 Å². The summed E-state index contributed by atoms with van der Waals surface area (Å²) in [6.07, 6.45) is 0.